The van der Waals surface area contributed by atoms with Gasteiger partial charge in [-0.25, -0.2) is 13.1 Å². The molecular weight excluding hydrogens is 280 g/mol. The third-order valence-corrected chi connectivity index (χ3v) is 5.85. The Balaban J connectivity index is 2.03. The topological polar surface area (TPSA) is 58.2 Å². The third-order valence-electron chi connectivity index (χ3n) is 3.15. The molecule has 0 aliphatic carbocycles. The Morgan fingerprint density at radius 2 is 2.05 bits per heavy atom. The second kappa shape index (κ2) is 6.74. The largest absolute Gasteiger partial charge is 0.319 e. The molecule has 0 aromatic heterocycles. The molecule has 1 aromatic rings. The van der Waals surface area contributed by atoms with Gasteiger partial charge in [0.2, 0.25) is 10.0 Å². The van der Waals surface area contributed by atoms with Gasteiger partial charge in [0, 0.05) is 11.8 Å². The van der Waals surface area contributed by atoms with Crippen molar-refractivity contribution in [3.8, 4) is 0 Å². The molecule has 2 N–H and O–H groups in total. The van der Waals surface area contributed by atoms with Crippen LogP contribution in [0.3, 0.4) is 0 Å². The van der Waals surface area contributed by atoms with Crippen molar-refractivity contribution in [2.45, 2.75) is 23.8 Å². The monoisotopic (exact) mass is 300 g/mol. The normalized spacial score (nSPS) is 19.7. The molecule has 1 aromatic carbocycles. The highest BCUT2D eigenvalue weighted by molar-refractivity contribution is 7.99. The minimum atomic E-state index is -3.36. The highest BCUT2D eigenvalue weighted by atomic mass is 32.2. The second-order valence-electron chi connectivity index (χ2n) is 4.68. The number of hydrogen-bond acceptors (Lipinski definition) is 4. The molecule has 0 saturated carbocycles. The number of likely N-dealkylation sites (N-methyl/N-ethyl adjacent to an activating group) is 1. The zero-order chi connectivity index (χ0) is 13.7. The van der Waals surface area contributed by atoms with E-state index in [0.717, 1.165) is 36.5 Å². The number of nitrogens with one attached hydrogen (secondary N) is 2. The maximum Gasteiger partial charge on any atom is 0.240 e. The summed E-state index contributed by atoms with van der Waals surface area (Å²) in [4.78, 5) is 0.359. The summed E-state index contributed by atoms with van der Waals surface area (Å²) in [5.74, 6) is 1.91. The van der Waals surface area contributed by atoms with E-state index in [-0.39, 0.29) is 6.04 Å². The lowest BCUT2D eigenvalue weighted by Crippen LogP contribution is -2.34. The van der Waals surface area contributed by atoms with Gasteiger partial charge in [-0.1, -0.05) is 12.1 Å². The number of sulfonamides is 1. The molecule has 106 valence electrons. The highest BCUT2D eigenvalue weighted by Gasteiger charge is 2.22. The minimum Gasteiger partial charge on any atom is -0.319 e. The van der Waals surface area contributed by atoms with Crippen molar-refractivity contribution >= 4 is 21.8 Å². The minimum absolute atomic E-state index is 0.0824. The third kappa shape index (κ3) is 4.21. The molecule has 0 radical (unpaired) electrons. The van der Waals surface area contributed by atoms with E-state index in [0.29, 0.717) is 4.90 Å². The van der Waals surface area contributed by atoms with Gasteiger partial charge in [-0.05, 0) is 49.9 Å². The molecule has 1 atom stereocenters. The Hall–Kier alpha value is -0.560. The van der Waals surface area contributed by atoms with Crippen LogP contribution in [0.4, 0.5) is 0 Å². The smallest absolute Gasteiger partial charge is 0.240 e. The fourth-order valence-corrected chi connectivity index (χ4v) is 4.55. The van der Waals surface area contributed by atoms with Crippen molar-refractivity contribution < 1.29 is 8.42 Å². The standard InChI is InChI=1S/C13H20N2O2S2/c1-14-8-6-11-2-4-13(5-3-11)19(16,17)15-12-7-9-18-10-12/h2-5,12,14-15H,6-10H2,1H3. The van der Waals surface area contributed by atoms with Crippen molar-refractivity contribution in [2.75, 3.05) is 25.1 Å². The fraction of sp³-hybridized carbons (Fsp3) is 0.538. The first-order chi connectivity index (χ1) is 9.12. The first-order valence-corrected chi connectivity index (χ1v) is 9.09. The molecule has 0 spiro atoms. The van der Waals surface area contributed by atoms with Crippen molar-refractivity contribution in [3.05, 3.63) is 29.8 Å². The van der Waals surface area contributed by atoms with Crippen LogP contribution in [-0.4, -0.2) is 39.6 Å². The quantitative estimate of drug-likeness (QED) is 0.830. The maximum atomic E-state index is 12.2. The lowest BCUT2D eigenvalue weighted by atomic mass is 10.1. The Morgan fingerprint density at radius 3 is 2.63 bits per heavy atom. The summed E-state index contributed by atoms with van der Waals surface area (Å²) in [6.45, 7) is 0.893. The highest BCUT2D eigenvalue weighted by Crippen LogP contribution is 2.19. The average Bonchev–Trinajstić information content (AvgIpc) is 2.89. The van der Waals surface area contributed by atoms with E-state index < -0.39 is 10.0 Å². The Morgan fingerprint density at radius 1 is 1.32 bits per heavy atom. The van der Waals surface area contributed by atoms with Crippen LogP contribution in [0.1, 0.15) is 12.0 Å². The van der Waals surface area contributed by atoms with Crippen LogP contribution in [0.5, 0.6) is 0 Å². The van der Waals surface area contributed by atoms with Crippen LogP contribution >= 0.6 is 11.8 Å². The van der Waals surface area contributed by atoms with E-state index >= 15 is 0 Å². The molecule has 4 nitrogen and oxygen atoms in total. The van der Waals surface area contributed by atoms with E-state index in [4.69, 9.17) is 0 Å². The van der Waals surface area contributed by atoms with Gasteiger partial charge in [0.05, 0.1) is 4.90 Å². The molecule has 1 saturated heterocycles. The molecule has 2 rings (SSSR count). The van der Waals surface area contributed by atoms with Gasteiger partial charge < -0.3 is 5.32 Å². The van der Waals surface area contributed by atoms with E-state index in [2.05, 4.69) is 10.0 Å². The molecule has 1 aliphatic rings. The van der Waals surface area contributed by atoms with E-state index in [9.17, 15) is 8.42 Å². The maximum absolute atomic E-state index is 12.2. The van der Waals surface area contributed by atoms with Crippen LogP contribution in [0.15, 0.2) is 29.2 Å². The summed E-state index contributed by atoms with van der Waals surface area (Å²) in [6.07, 6.45) is 1.83. The van der Waals surface area contributed by atoms with Crippen LogP contribution in [-0.2, 0) is 16.4 Å². The Bertz CT molecular complexity index is 494. The van der Waals surface area contributed by atoms with Gasteiger partial charge in [0.1, 0.15) is 0 Å². The molecular formula is C13H20N2O2S2. The van der Waals surface area contributed by atoms with E-state index in [1.165, 1.54) is 0 Å². The van der Waals surface area contributed by atoms with E-state index in [1.807, 2.05) is 19.2 Å². The van der Waals surface area contributed by atoms with Gasteiger partial charge in [-0.2, -0.15) is 11.8 Å². The number of rotatable bonds is 6. The van der Waals surface area contributed by atoms with Crippen molar-refractivity contribution in [2.24, 2.45) is 0 Å². The summed E-state index contributed by atoms with van der Waals surface area (Å²) < 4.78 is 27.1. The summed E-state index contributed by atoms with van der Waals surface area (Å²) in [6, 6.07) is 7.23. The summed E-state index contributed by atoms with van der Waals surface area (Å²) >= 11 is 1.80. The van der Waals surface area contributed by atoms with Gasteiger partial charge in [-0.3, -0.25) is 0 Å². The number of hydrogen-bond donors (Lipinski definition) is 2. The number of thioether (sulfide) groups is 1. The Kier molecular flexibility index (Phi) is 5.27. The predicted molar refractivity (Wildman–Crippen MR) is 80.1 cm³/mol. The zero-order valence-corrected chi connectivity index (χ0v) is 12.7. The number of benzene rings is 1. The van der Waals surface area contributed by atoms with Gasteiger partial charge >= 0.3 is 0 Å². The van der Waals surface area contributed by atoms with Crippen molar-refractivity contribution in [3.63, 3.8) is 0 Å². The SMILES string of the molecule is CNCCc1ccc(S(=O)(=O)NC2CCSC2)cc1. The molecule has 6 heteroatoms. The zero-order valence-electron chi connectivity index (χ0n) is 11.1. The molecule has 0 amide bonds. The Labute approximate surface area is 119 Å². The van der Waals surface area contributed by atoms with Crippen LogP contribution in [0.25, 0.3) is 0 Å². The summed E-state index contributed by atoms with van der Waals surface area (Å²) in [7, 11) is -1.45. The molecule has 1 aliphatic heterocycles. The summed E-state index contributed by atoms with van der Waals surface area (Å²) in [5.41, 5.74) is 1.14. The lowest BCUT2D eigenvalue weighted by Gasteiger charge is -2.12. The van der Waals surface area contributed by atoms with Gasteiger partial charge in [-0.15, -0.1) is 0 Å². The van der Waals surface area contributed by atoms with Crippen molar-refractivity contribution in [1.29, 1.82) is 0 Å². The molecule has 1 unspecified atom stereocenters. The van der Waals surface area contributed by atoms with Crippen LogP contribution < -0.4 is 10.0 Å². The van der Waals surface area contributed by atoms with Crippen molar-refractivity contribution in [1.82, 2.24) is 10.0 Å². The first-order valence-electron chi connectivity index (χ1n) is 6.45. The van der Waals surface area contributed by atoms with E-state index in [1.54, 1.807) is 23.9 Å². The molecule has 19 heavy (non-hydrogen) atoms. The fourth-order valence-electron chi connectivity index (χ4n) is 2.02. The molecule has 0 bridgehead atoms. The second-order valence-corrected chi connectivity index (χ2v) is 7.54. The van der Waals surface area contributed by atoms with Gasteiger partial charge in [0.15, 0.2) is 0 Å². The molecule has 1 fully saturated rings. The average molecular weight is 300 g/mol. The lowest BCUT2D eigenvalue weighted by molar-refractivity contribution is 0.563. The first kappa shape index (κ1) is 14.8. The van der Waals surface area contributed by atoms with Crippen LogP contribution in [0.2, 0.25) is 0 Å². The van der Waals surface area contributed by atoms with Crippen LogP contribution in [0, 0.1) is 0 Å². The molecule has 1 heterocycles. The predicted octanol–water partition coefficient (Wildman–Crippen LogP) is 1.23. The summed E-state index contributed by atoms with van der Waals surface area (Å²) in [5, 5.41) is 3.08. The van der Waals surface area contributed by atoms with Gasteiger partial charge in [0.25, 0.3) is 0 Å².